The number of alkyl halides is 1. The smallest absolute Gasteiger partial charge is 0.550 e. The fraction of sp³-hybridized carbons (Fsp3) is 0.289. The third-order valence-corrected chi connectivity index (χ3v) is 20.7. The number of nitrogens with zero attached hydrogens (tertiary/aromatic N) is 1. The molecule has 0 fully saturated rings. The summed E-state index contributed by atoms with van der Waals surface area (Å²) >= 11 is 3.07. The summed E-state index contributed by atoms with van der Waals surface area (Å²) in [4.78, 5) is 146. The van der Waals surface area contributed by atoms with E-state index in [1.165, 1.54) is 25.0 Å². The Morgan fingerprint density at radius 1 is 0.326 bits per heavy atom. The van der Waals surface area contributed by atoms with Crippen LogP contribution in [0.1, 0.15) is 173 Å². The first-order valence-electron chi connectivity index (χ1n) is 45.0. The molecule has 0 saturated carbocycles. The quantitative estimate of drug-likeness (QED) is 0.0121. The summed E-state index contributed by atoms with van der Waals surface area (Å²) < 4.78 is 19.3. The topological polar surface area (TPSA) is 346 Å². The minimum Gasteiger partial charge on any atom is -0.550 e. The van der Waals surface area contributed by atoms with Crippen LogP contribution in [-0.2, 0) is 120 Å². The predicted octanol–water partition coefficient (Wildman–Crippen LogP) is 22.2. The van der Waals surface area contributed by atoms with E-state index in [1.807, 2.05) is 291 Å². The van der Waals surface area contributed by atoms with Crippen molar-refractivity contribution in [1.29, 1.82) is 5.26 Å². The minimum atomic E-state index is -1.31. The van der Waals surface area contributed by atoms with Crippen molar-refractivity contribution in [2.45, 2.75) is 183 Å². The van der Waals surface area contributed by atoms with Crippen LogP contribution in [0, 0.1) is 35.0 Å². The van der Waals surface area contributed by atoms with Crippen molar-refractivity contribution < 1.29 is 148 Å². The summed E-state index contributed by atoms with van der Waals surface area (Å²) in [5.74, 6) is -8.32. The molecular weight excluding hydrogens is 1910 g/mol. The number of esters is 4. The number of carbonyl (C=O) groups is 13. The molecule has 0 amide bonds. The van der Waals surface area contributed by atoms with Crippen LogP contribution in [0.2, 0.25) is 0 Å². The molecule has 23 heteroatoms. The van der Waals surface area contributed by atoms with Gasteiger partial charge in [-0.2, -0.15) is 5.26 Å². The van der Waals surface area contributed by atoms with Gasteiger partial charge < -0.3 is 39.1 Å². The van der Waals surface area contributed by atoms with E-state index in [-0.39, 0.29) is 205 Å². The molecule has 12 aromatic rings. The molecule has 0 aromatic heterocycles. The predicted molar refractivity (Wildman–Crippen MR) is 576 cm³/mol. The Bertz CT molecular complexity index is 5780. The number of nitriles is 1. The molecule has 5 atom stereocenters. The molecule has 0 radical (unpaired) electrons. The third-order valence-electron chi connectivity index (χ3n) is 20.4. The summed E-state index contributed by atoms with van der Waals surface area (Å²) in [6.45, 7) is 17.4. The van der Waals surface area contributed by atoms with Crippen molar-refractivity contribution in [2.75, 3.05) is 26.4 Å². The first-order valence-corrected chi connectivity index (χ1v) is 45.9. The molecule has 760 valence electrons. The number of halogens is 1. The number of benzene rings is 12. The zero-order valence-electron chi connectivity index (χ0n) is 80.0. The molecule has 0 aliphatic carbocycles. The average molecular weight is 2050 g/mol. The Kier molecular flexibility index (Phi) is 71.3. The first-order chi connectivity index (χ1) is 65.7. The number of hydrogen-bond donors (Lipinski definition) is 2. The van der Waals surface area contributed by atoms with Crippen molar-refractivity contribution in [3.05, 3.63) is 361 Å². The summed E-state index contributed by atoms with van der Waals surface area (Å²) in [6.07, 6.45) is 1.23. The summed E-state index contributed by atoms with van der Waals surface area (Å²) in [7, 11) is 0. The van der Waals surface area contributed by atoms with Crippen molar-refractivity contribution >= 4 is 92.4 Å². The van der Waals surface area contributed by atoms with Gasteiger partial charge in [-0.1, -0.05) is 409 Å². The largest absolute Gasteiger partial charge is 1.00 e. The molecule has 2 N–H and O–H groups in total. The molecule has 12 aromatic carbocycles. The molecular formula is C121H143BrKNO20. The van der Waals surface area contributed by atoms with Crippen LogP contribution in [0.5, 0.6) is 0 Å². The number of carboxylic acid groups (broad SMARTS) is 3. The van der Waals surface area contributed by atoms with Crippen LogP contribution in [0.15, 0.2) is 328 Å². The van der Waals surface area contributed by atoms with Gasteiger partial charge in [-0.3, -0.25) is 57.5 Å². The molecule has 144 heavy (non-hydrogen) atoms. The van der Waals surface area contributed by atoms with E-state index in [0.717, 1.165) is 89.0 Å². The fourth-order valence-electron chi connectivity index (χ4n) is 13.4. The molecule has 21 nitrogen and oxygen atoms in total. The number of Topliss-reactive ketones (excluding diaryl/α,β-unsaturated/α-hetero) is 6. The van der Waals surface area contributed by atoms with E-state index >= 15 is 0 Å². The fourth-order valence-corrected chi connectivity index (χ4v) is 13.5. The number of carboxylic acids is 3. The first kappa shape index (κ1) is 135. The summed E-state index contributed by atoms with van der Waals surface area (Å²) in [6, 6.07) is 110. The van der Waals surface area contributed by atoms with Gasteiger partial charge in [0, 0.05) is 50.9 Å². The SMILES string of the molecule is C.C.C.C.C.C.CC(=O)CC(=O)[O-].CC(CC(=O)Cc1ccc(-c2ccccc2)cc1)C(=O)O.CCOC(=O)C(C)Br.CCOC(=O)C(C)C(C(C)=O)C(=O)Cc1ccc(-c2ccccc2)cc1.CCOC(=O)C(C)CC(=O)Cc1ccc(-c2ccccc2)cc1.CCOC(=O)CC(=O)Cc1ccc(-c2ccccc2)cc1.N#CCc1ccc(-c2ccccc2)cc1.O=C(O)Cc1ccc(-c2ccccc2)cc1.[K+]. The number of ketones is 6. The molecule has 12 rings (SSSR count). The van der Waals surface area contributed by atoms with Gasteiger partial charge in [-0.05, 0) is 149 Å². The van der Waals surface area contributed by atoms with Gasteiger partial charge >= 0.3 is 87.2 Å². The zero-order valence-corrected chi connectivity index (χ0v) is 84.7. The zero-order chi connectivity index (χ0) is 100. The Balaban J connectivity index is -0.00000160. The van der Waals surface area contributed by atoms with Gasteiger partial charge in [0.1, 0.15) is 45.9 Å². The van der Waals surface area contributed by atoms with Crippen LogP contribution in [0.3, 0.4) is 0 Å². The Hall–Kier alpha value is -13.4. The Morgan fingerprint density at radius 2 is 0.576 bits per heavy atom. The molecule has 0 spiro atoms. The van der Waals surface area contributed by atoms with E-state index in [9.17, 15) is 67.4 Å². The van der Waals surface area contributed by atoms with E-state index in [2.05, 4.69) is 63.1 Å². The number of rotatable bonds is 36. The standard InChI is InChI=1S/C22H24O4.C20H22O3.2C18H18O3.C14H11N.C14H12O2.C5H9BrO2.C4H6O3.6CH4.K/c1-4-26-22(25)15(2)21(16(3)23)20(24)14-17-10-12-19(13-11-17)18-8-6-5-7-9-18;1-3-23-20(22)15(2)13-19(21)14-16-9-11-18(12-10-16)17-7-5-4-6-8-17;1-13(18(20)21)11-17(19)12-14-7-9-16(10-8-14)15-5-3-2-4-6-15;1-2-21-18(20)13-17(19)12-14-8-10-16(11-9-14)15-6-4-3-5-7-15;15-11-10-12-6-8-14(9-7-12)13-4-2-1-3-5-13;15-14(16)10-11-6-8-13(9-7-11)12-4-2-1-3-5-12;1-3-8-5(7)4(2)6;1-3(5)2-4(6)7;;;;;;;/h5-13,15,21H,4,14H2,1-3H3;4-12,15H,3,13-14H2,1-2H3;2-10,13H,11-12H2,1H3,(H,20,21);3-11H,2,12-13H2,1H3;1-9H,10H2;1-9H,10H2,(H,15,16);4H,3H2,1-2H3;2H2,1H3,(H,6,7);6*1H4;/q;;;;;;;;;;;;;;+1/p-1. The van der Waals surface area contributed by atoms with Gasteiger partial charge in [0.05, 0.1) is 69.0 Å². The number of hydrogen-bond acceptors (Lipinski definition) is 19. The van der Waals surface area contributed by atoms with Crippen LogP contribution in [0.4, 0.5) is 0 Å². The molecule has 0 aliphatic rings. The summed E-state index contributed by atoms with van der Waals surface area (Å²) in [5.41, 5.74) is 19.1. The monoisotopic (exact) mass is 2050 g/mol. The Labute approximate surface area is 904 Å². The van der Waals surface area contributed by atoms with E-state index in [0.29, 0.717) is 32.7 Å². The maximum absolute atomic E-state index is 12.6. The van der Waals surface area contributed by atoms with Crippen LogP contribution in [0.25, 0.3) is 66.8 Å². The van der Waals surface area contributed by atoms with Gasteiger partial charge in [0.2, 0.25) is 0 Å². The maximum Gasteiger partial charge on any atom is 1.00 e. The average Bonchev–Trinajstić information content (AvgIpc) is 0.820. The van der Waals surface area contributed by atoms with Crippen molar-refractivity contribution in [1.82, 2.24) is 0 Å². The normalized spacial score (nSPS) is 10.6. The van der Waals surface area contributed by atoms with E-state index in [4.69, 9.17) is 29.7 Å². The van der Waals surface area contributed by atoms with Gasteiger partial charge in [0.15, 0.2) is 0 Å². The van der Waals surface area contributed by atoms with Crippen molar-refractivity contribution in [2.24, 2.45) is 23.7 Å². The van der Waals surface area contributed by atoms with Crippen LogP contribution >= 0.6 is 15.9 Å². The summed E-state index contributed by atoms with van der Waals surface area (Å²) in [5, 5.41) is 35.5. The second kappa shape index (κ2) is 76.3. The van der Waals surface area contributed by atoms with Crippen molar-refractivity contribution in [3.8, 4) is 72.8 Å². The molecule has 0 aliphatic heterocycles. The molecule has 0 bridgehead atoms. The molecule has 0 saturated heterocycles. The van der Waals surface area contributed by atoms with Crippen LogP contribution < -0.4 is 56.5 Å². The number of aliphatic carboxylic acids is 3. The third kappa shape index (κ3) is 53.6. The van der Waals surface area contributed by atoms with Gasteiger partial charge in [-0.25, -0.2) is 0 Å². The number of ether oxygens (including phenoxy) is 4. The van der Waals surface area contributed by atoms with Crippen molar-refractivity contribution in [3.63, 3.8) is 0 Å². The minimum absolute atomic E-state index is 0. The maximum atomic E-state index is 12.6. The second-order valence-electron chi connectivity index (χ2n) is 31.6. The van der Waals surface area contributed by atoms with E-state index < -0.39 is 54.0 Å². The second-order valence-corrected chi connectivity index (χ2v) is 33.0. The van der Waals surface area contributed by atoms with Gasteiger partial charge in [0.25, 0.3) is 0 Å². The Morgan fingerprint density at radius 3 is 0.812 bits per heavy atom. The van der Waals surface area contributed by atoms with Gasteiger partial charge in [-0.15, -0.1) is 0 Å². The van der Waals surface area contributed by atoms with Crippen LogP contribution in [-0.4, -0.2) is 118 Å². The molecule has 5 unspecified atom stereocenters. The molecule has 0 heterocycles. The van der Waals surface area contributed by atoms with E-state index in [1.54, 1.807) is 55.4 Å². The number of carbonyl (C=O) groups excluding carboxylic acids is 11.